The van der Waals surface area contributed by atoms with Crippen LogP contribution in [0.4, 0.5) is 14.9 Å². The number of carbonyl (C=O) groups excluding carboxylic acids is 2. The standard InChI is InChI=1S/C49H60ClFN2O5/c1-31-6-5-18-47(2)42(39-16-10-32(23-37(54)13-9-31)24-40(39)45(55)25-41-43(50)7-4-8-44(41)51)17-19-49(47,57)30-53(46(56)52-36-11-14-38(58-3)15-12-36)29-48-26-33-20-34(27-48)22-35(21-33)28-48/h4,6-8,10-12,14-16,24,33-35,37,42,54,57H,5,9,13,17-23,25-30H2,1-3H3,(H,52,56). The minimum atomic E-state index is -1.28. The van der Waals surface area contributed by atoms with Crippen LogP contribution in [-0.2, 0) is 12.8 Å². The van der Waals surface area contributed by atoms with Crippen LogP contribution >= 0.6 is 11.6 Å². The molecule has 0 spiro atoms. The summed E-state index contributed by atoms with van der Waals surface area (Å²) in [6.07, 6.45) is 12.9. The number of halogens is 2. The molecule has 0 saturated heterocycles. The van der Waals surface area contributed by atoms with E-state index in [0.29, 0.717) is 79.8 Å². The number of amides is 2. The highest BCUT2D eigenvalue weighted by atomic mass is 35.5. The highest BCUT2D eigenvalue weighted by Gasteiger charge is 2.59. The molecule has 4 unspecified atom stereocenters. The normalized spacial score (nSPS) is 31.6. The maximum absolute atomic E-state index is 15.1. The van der Waals surface area contributed by atoms with Crippen molar-refractivity contribution in [1.82, 2.24) is 4.90 Å². The largest absolute Gasteiger partial charge is 0.497 e. The number of hydrogen-bond acceptors (Lipinski definition) is 5. The van der Waals surface area contributed by atoms with E-state index in [-0.39, 0.29) is 46.7 Å². The number of aliphatic hydroxyl groups excluding tert-OH is 1. The van der Waals surface area contributed by atoms with E-state index in [9.17, 15) is 19.8 Å². The van der Waals surface area contributed by atoms with Crippen LogP contribution in [0.5, 0.6) is 5.75 Å². The van der Waals surface area contributed by atoms with Crippen molar-refractivity contribution >= 4 is 29.1 Å². The molecule has 0 aliphatic heterocycles. The number of urea groups is 1. The number of aliphatic hydroxyl groups is 2. The fourth-order valence-corrected chi connectivity index (χ4v) is 12.7. The number of nitrogens with one attached hydrogen (secondary N) is 1. The summed E-state index contributed by atoms with van der Waals surface area (Å²) in [5.41, 5.74) is 2.20. The molecule has 2 amide bonds. The van der Waals surface area contributed by atoms with Gasteiger partial charge in [-0.25, -0.2) is 9.18 Å². The second-order valence-corrected chi connectivity index (χ2v) is 19.6. The number of allylic oxidation sites excluding steroid dienone is 2. The van der Waals surface area contributed by atoms with E-state index < -0.39 is 22.9 Å². The van der Waals surface area contributed by atoms with E-state index in [0.717, 1.165) is 36.8 Å². The molecule has 58 heavy (non-hydrogen) atoms. The van der Waals surface area contributed by atoms with E-state index in [1.165, 1.54) is 37.0 Å². The van der Waals surface area contributed by atoms with Crippen molar-refractivity contribution in [3.63, 3.8) is 0 Å². The van der Waals surface area contributed by atoms with Gasteiger partial charge >= 0.3 is 6.03 Å². The lowest BCUT2D eigenvalue weighted by Gasteiger charge is -2.58. The summed E-state index contributed by atoms with van der Waals surface area (Å²) >= 11 is 6.45. The zero-order valence-electron chi connectivity index (χ0n) is 34.4. The molecule has 3 aromatic carbocycles. The molecule has 7 aliphatic rings. The van der Waals surface area contributed by atoms with Crippen LogP contribution < -0.4 is 10.1 Å². The lowest BCUT2D eigenvalue weighted by molar-refractivity contribution is -0.0975. The van der Waals surface area contributed by atoms with Crippen molar-refractivity contribution in [3.05, 3.63) is 105 Å². The van der Waals surface area contributed by atoms with E-state index in [2.05, 4.69) is 25.2 Å². The summed E-state index contributed by atoms with van der Waals surface area (Å²) in [6.45, 7) is 5.04. The van der Waals surface area contributed by atoms with Gasteiger partial charge in [0.1, 0.15) is 11.6 Å². The first-order chi connectivity index (χ1) is 27.7. The average molecular weight is 811 g/mol. The minimum Gasteiger partial charge on any atom is -0.497 e. The van der Waals surface area contributed by atoms with Gasteiger partial charge in [0, 0.05) is 40.2 Å². The van der Waals surface area contributed by atoms with Crippen LogP contribution in [0.3, 0.4) is 0 Å². The maximum Gasteiger partial charge on any atom is 0.321 e. The van der Waals surface area contributed by atoms with Crippen molar-refractivity contribution in [2.75, 3.05) is 25.5 Å². The lowest BCUT2D eigenvalue weighted by Crippen LogP contribution is -2.58. The Hall–Kier alpha value is -3.72. The van der Waals surface area contributed by atoms with Gasteiger partial charge in [0.15, 0.2) is 5.78 Å². The van der Waals surface area contributed by atoms with E-state index >= 15 is 4.39 Å². The number of carbonyl (C=O) groups is 2. The maximum atomic E-state index is 15.1. The van der Waals surface area contributed by atoms with Gasteiger partial charge in [0.25, 0.3) is 0 Å². The third kappa shape index (κ3) is 8.23. The molecule has 7 nitrogen and oxygen atoms in total. The van der Waals surface area contributed by atoms with Gasteiger partial charge in [0.05, 0.1) is 25.4 Å². The van der Waals surface area contributed by atoms with Gasteiger partial charge in [-0.2, -0.15) is 0 Å². The molecule has 6 bridgehead atoms. The fourth-order valence-electron chi connectivity index (χ4n) is 12.5. The number of ether oxygens (including phenoxy) is 1. The molecular weight excluding hydrogens is 751 g/mol. The first-order valence-electron chi connectivity index (χ1n) is 21.6. The van der Waals surface area contributed by atoms with Gasteiger partial charge in [-0.15, -0.1) is 0 Å². The zero-order chi connectivity index (χ0) is 40.8. The van der Waals surface area contributed by atoms with Gasteiger partial charge in [-0.1, -0.05) is 48.4 Å². The van der Waals surface area contributed by atoms with E-state index in [1.54, 1.807) is 13.2 Å². The number of methoxy groups -OCH3 is 1. The second-order valence-electron chi connectivity index (χ2n) is 19.2. The quantitative estimate of drug-likeness (QED) is 0.148. The Labute approximate surface area is 348 Å². The number of ketones is 1. The Balaban J connectivity index is 1.17. The molecule has 10 rings (SSSR count). The molecule has 310 valence electrons. The molecule has 5 saturated carbocycles. The van der Waals surface area contributed by atoms with Gasteiger partial charge in [-0.3, -0.25) is 4.79 Å². The Morgan fingerprint density at radius 3 is 2.34 bits per heavy atom. The van der Waals surface area contributed by atoms with Gasteiger partial charge in [-0.05, 0) is 173 Å². The summed E-state index contributed by atoms with van der Waals surface area (Å²) in [7, 11) is 1.62. The molecule has 3 aromatic rings. The van der Waals surface area contributed by atoms with E-state index in [1.807, 2.05) is 47.4 Å². The number of fused-ring (bicyclic) bond motifs is 8. The first-order valence-corrected chi connectivity index (χ1v) is 22.0. The van der Waals surface area contributed by atoms with Crippen LogP contribution in [0, 0.1) is 34.4 Å². The van der Waals surface area contributed by atoms with Crippen LogP contribution in [0.1, 0.15) is 124 Å². The van der Waals surface area contributed by atoms with Crippen LogP contribution in [-0.4, -0.2) is 58.8 Å². The number of rotatable bonds is 9. The van der Waals surface area contributed by atoms with Crippen LogP contribution in [0.25, 0.3) is 0 Å². The third-order valence-electron chi connectivity index (χ3n) is 15.1. The second kappa shape index (κ2) is 16.4. The summed E-state index contributed by atoms with van der Waals surface area (Å²) < 4.78 is 20.5. The Bertz CT molecular complexity index is 1990. The summed E-state index contributed by atoms with van der Waals surface area (Å²) in [5.74, 6) is 1.84. The molecule has 0 radical (unpaired) electrons. The minimum absolute atomic E-state index is 0.0400. The highest BCUT2D eigenvalue weighted by Crippen LogP contribution is 2.62. The topological polar surface area (TPSA) is 99.1 Å². The smallest absolute Gasteiger partial charge is 0.321 e. The molecular formula is C49H60ClFN2O5. The van der Waals surface area contributed by atoms with Crippen LogP contribution in [0.2, 0.25) is 5.02 Å². The SMILES string of the molecule is COc1ccc(NC(=O)N(CC23CC4CC(CC(C4)C2)C3)CC2(O)CCC3c4ccc(cc4C(=O)Cc4c(F)cccc4Cl)CC(O)CCC(C)=CCCC32C)cc1. The predicted octanol–water partition coefficient (Wildman–Crippen LogP) is 10.7. The number of benzene rings is 3. The Morgan fingerprint density at radius 2 is 1.67 bits per heavy atom. The molecule has 7 aliphatic carbocycles. The molecule has 5 fully saturated rings. The predicted molar refractivity (Wildman–Crippen MR) is 227 cm³/mol. The van der Waals surface area contributed by atoms with Crippen molar-refractivity contribution < 1.29 is 28.9 Å². The number of hydrogen-bond donors (Lipinski definition) is 3. The average Bonchev–Trinajstić information content (AvgIpc) is 3.43. The Morgan fingerprint density at radius 1 is 0.966 bits per heavy atom. The number of anilines is 1. The van der Waals surface area contributed by atoms with Gasteiger partial charge < -0.3 is 25.2 Å². The molecule has 9 heteroatoms. The van der Waals surface area contributed by atoms with Crippen molar-refractivity contribution in [3.8, 4) is 5.75 Å². The molecule has 3 N–H and O–H groups in total. The third-order valence-corrected chi connectivity index (χ3v) is 15.5. The summed E-state index contributed by atoms with van der Waals surface area (Å²) in [5, 5.41) is 27.8. The van der Waals surface area contributed by atoms with Crippen LogP contribution in [0.15, 0.2) is 72.3 Å². The first kappa shape index (κ1) is 41.0. The van der Waals surface area contributed by atoms with Crippen molar-refractivity contribution in [2.45, 2.75) is 121 Å². The van der Waals surface area contributed by atoms with Crippen molar-refractivity contribution in [1.29, 1.82) is 0 Å². The lowest BCUT2D eigenvalue weighted by atomic mass is 9.49. The summed E-state index contributed by atoms with van der Waals surface area (Å²) in [6, 6.07) is 17.5. The molecule has 4 atom stereocenters. The number of Topliss-reactive ketones (excluding diaryl/α,β-unsaturated/α-hetero) is 1. The van der Waals surface area contributed by atoms with Crippen molar-refractivity contribution in [2.24, 2.45) is 28.6 Å². The van der Waals surface area contributed by atoms with Gasteiger partial charge in [0.2, 0.25) is 0 Å². The molecule has 0 aromatic heterocycles. The zero-order valence-corrected chi connectivity index (χ0v) is 35.1. The fraction of sp³-hybridized carbons (Fsp3) is 0.551. The number of nitrogens with zero attached hydrogens (tertiary/aromatic N) is 1. The molecule has 0 heterocycles. The highest BCUT2D eigenvalue weighted by molar-refractivity contribution is 6.31. The monoisotopic (exact) mass is 810 g/mol. The Kier molecular flexibility index (Phi) is 11.6. The van der Waals surface area contributed by atoms with E-state index in [4.69, 9.17) is 16.3 Å². The summed E-state index contributed by atoms with van der Waals surface area (Å²) in [4.78, 5) is 31.0.